The summed E-state index contributed by atoms with van der Waals surface area (Å²) in [6.07, 6.45) is 2.17. The quantitative estimate of drug-likeness (QED) is 0.859. The Balaban J connectivity index is 2.12. The third-order valence-corrected chi connectivity index (χ3v) is 5.10. The fourth-order valence-corrected chi connectivity index (χ4v) is 3.16. The SMILES string of the molecule is CCN1CCC(CNc2nc(C)[nH]c(=O)c2Cl)(N(C)C)CC1. The molecule has 0 unspecified atom stereocenters. The highest BCUT2D eigenvalue weighted by atomic mass is 35.5. The Morgan fingerprint density at radius 3 is 2.59 bits per heavy atom. The van der Waals surface area contributed by atoms with Crippen molar-refractivity contribution in [3.8, 4) is 0 Å². The van der Waals surface area contributed by atoms with Gasteiger partial charge in [0.1, 0.15) is 10.8 Å². The van der Waals surface area contributed by atoms with Crippen LogP contribution in [0.25, 0.3) is 0 Å². The fourth-order valence-electron chi connectivity index (χ4n) is 3.00. The van der Waals surface area contributed by atoms with Gasteiger partial charge in [0, 0.05) is 12.1 Å². The minimum Gasteiger partial charge on any atom is -0.367 e. The van der Waals surface area contributed by atoms with E-state index in [0.29, 0.717) is 11.6 Å². The number of nitrogens with one attached hydrogen (secondary N) is 2. The third-order valence-electron chi connectivity index (χ3n) is 4.75. The van der Waals surface area contributed by atoms with Crippen LogP contribution in [0.1, 0.15) is 25.6 Å². The van der Waals surface area contributed by atoms with E-state index in [4.69, 9.17) is 11.6 Å². The molecular weight excluding hydrogens is 302 g/mol. The Morgan fingerprint density at radius 1 is 1.41 bits per heavy atom. The number of aryl methyl sites for hydroxylation is 1. The fraction of sp³-hybridized carbons (Fsp3) is 0.733. The van der Waals surface area contributed by atoms with Gasteiger partial charge in [-0.15, -0.1) is 0 Å². The van der Waals surface area contributed by atoms with Crippen molar-refractivity contribution in [3.63, 3.8) is 0 Å². The molecule has 1 aliphatic heterocycles. The summed E-state index contributed by atoms with van der Waals surface area (Å²) in [4.78, 5) is 23.4. The number of likely N-dealkylation sites (N-methyl/N-ethyl adjacent to an activating group) is 1. The topological polar surface area (TPSA) is 64.3 Å². The number of H-pyrrole nitrogens is 1. The molecule has 6 nitrogen and oxygen atoms in total. The molecule has 1 aromatic heterocycles. The number of likely N-dealkylation sites (tertiary alicyclic amines) is 1. The molecule has 0 bridgehead atoms. The van der Waals surface area contributed by atoms with Crippen molar-refractivity contribution in [3.05, 3.63) is 21.2 Å². The molecule has 2 rings (SSSR count). The van der Waals surface area contributed by atoms with Gasteiger partial charge in [-0.3, -0.25) is 4.79 Å². The second kappa shape index (κ2) is 6.98. The molecule has 1 aromatic rings. The average molecular weight is 328 g/mol. The molecule has 0 amide bonds. The van der Waals surface area contributed by atoms with E-state index >= 15 is 0 Å². The molecule has 1 saturated heterocycles. The van der Waals surface area contributed by atoms with Crippen LogP contribution < -0.4 is 10.9 Å². The first-order valence-electron chi connectivity index (χ1n) is 7.78. The van der Waals surface area contributed by atoms with Gasteiger partial charge in [0.05, 0.1) is 0 Å². The van der Waals surface area contributed by atoms with Gasteiger partial charge in [0.25, 0.3) is 5.56 Å². The molecule has 124 valence electrons. The Hall–Kier alpha value is -1.11. The maximum absolute atomic E-state index is 11.7. The summed E-state index contributed by atoms with van der Waals surface area (Å²) in [5, 5.41) is 3.43. The molecule has 2 N–H and O–H groups in total. The highest BCUT2D eigenvalue weighted by Gasteiger charge is 2.36. The standard InChI is InChI=1S/C15H26ClN5O/c1-5-21-8-6-15(7-9-21,20(3)4)10-17-13-12(16)14(22)19-11(2)18-13/h5-10H2,1-4H3,(H2,17,18,19,22). The van der Waals surface area contributed by atoms with Crippen LogP contribution in [-0.4, -0.2) is 65.6 Å². The Kier molecular flexibility index (Phi) is 5.47. The Bertz CT molecular complexity index is 564. The number of piperidine rings is 1. The lowest BCUT2D eigenvalue weighted by atomic mass is 9.86. The normalized spacial score (nSPS) is 18.6. The van der Waals surface area contributed by atoms with E-state index in [0.717, 1.165) is 39.0 Å². The lowest BCUT2D eigenvalue weighted by Gasteiger charge is -2.46. The van der Waals surface area contributed by atoms with Gasteiger partial charge in [-0.05, 0) is 53.5 Å². The van der Waals surface area contributed by atoms with Crippen LogP contribution in [0.3, 0.4) is 0 Å². The van der Waals surface area contributed by atoms with Crippen LogP contribution in [0.15, 0.2) is 4.79 Å². The van der Waals surface area contributed by atoms with E-state index in [2.05, 4.69) is 46.1 Å². The third kappa shape index (κ3) is 3.62. The van der Waals surface area contributed by atoms with Crippen molar-refractivity contribution in [2.75, 3.05) is 45.6 Å². The average Bonchev–Trinajstić information content (AvgIpc) is 2.49. The molecule has 2 heterocycles. The van der Waals surface area contributed by atoms with E-state index < -0.39 is 0 Å². The van der Waals surface area contributed by atoms with Crippen LogP contribution >= 0.6 is 11.6 Å². The first-order chi connectivity index (χ1) is 10.4. The summed E-state index contributed by atoms with van der Waals surface area (Å²) in [7, 11) is 4.22. The van der Waals surface area contributed by atoms with E-state index in [1.54, 1.807) is 6.92 Å². The van der Waals surface area contributed by atoms with E-state index in [1.807, 2.05) is 0 Å². The predicted molar refractivity (Wildman–Crippen MR) is 90.9 cm³/mol. The number of halogens is 1. The largest absolute Gasteiger partial charge is 0.367 e. The zero-order valence-electron chi connectivity index (χ0n) is 13.9. The molecule has 0 saturated carbocycles. The van der Waals surface area contributed by atoms with Crippen molar-refractivity contribution < 1.29 is 0 Å². The molecule has 1 fully saturated rings. The summed E-state index contributed by atoms with van der Waals surface area (Å²) in [6, 6.07) is 0. The molecule has 1 aliphatic rings. The number of nitrogens with zero attached hydrogens (tertiary/aromatic N) is 3. The van der Waals surface area contributed by atoms with Gasteiger partial charge in [0.15, 0.2) is 5.82 Å². The van der Waals surface area contributed by atoms with Gasteiger partial charge in [-0.1, -0.05) is 18.5 Å². The van der Waals surface area contributed by atoms with Crippen molar-refractivity contribution in [2.45, 2.75) is 32.2 Å². The number of hydrogen-bond donors (Lipinski definition) is 2. The maximum atomic E-state index is 11.7. The highest BCUT2D eigenvalue weighted by molar-refractivity contribution is 6.32. The molecule has 0 aromatic carbocycles. The molecule has 7 heteroatoms. The monoisotopic (exact) mass is 327 g/mol. The van der Waals surface area contributed by atoms with Gasteiger partial charge >= 0.3 is 0 Å². The first kappa shape index (κ1) is 17.2. The molecule has 0 spiro atoms. The van der Waals surface area contributed by atoms with Crippen LogP contribution in [0.5, 0.6) is 0 Å². The summed E-state index contributed by atoms with van der Waals surface area (Å²) in [5.41, 5.74) is -0.232. The predicted octanol–water partition coefficient (Wildman–Crippen LogP) is 1.56. The van der Waals surface area contributed by atoms with Crippen LogP contribution in [0.4, 0.5) is 5.82 Å². The molecule has 0 aliphatic carbocycles. The number of hydrogen-bond acceptors (Lipinski definition) is 5. The molecule has 0 atom stereocenters. The molecule has 0 radical (unpaired) electrons. The maximum Gasteiger partial charge on any atom is 0.271 e. The summed E-state index contributed by atoms with van der Waals surface area (Å²) >= 11 is 6.06. The van der Waals surface area contributed by atoms with Gasteiger partial charge < -0.3 is 20.1 Å². The van der Waals surface area contributed by atoms with Gasteiger partial charge in [0.2, 0.25) is 0 Å². The zero-order valence-corrected chi connectivity index (χ0v) is 14.6. The van der Waals surface area contributed by atoms with Crippen molar-refractivity contribution in [2.24, 2.45) is 0 Å². The molecule has 22 heavy (non-hydrogen) atoms. The highest BCUT2D eigenvalue weighted by Crippen LogP contribution is 2.28. The summed E-state index contributed by atoms with van der Waals surface area (Å²) in [5.74, 6) is 1.04. The van der Waals surface area contributed by atoms with Crippen molar-refractivity contribution in [1.29, 1.82) is 0 Å². The minimum atomic E-state index is -0.295. The number of rotatable bonds is 5. The molecular formula is C15H26ClN5O. The van der Waals surface area contributed by atoms with Crippen molar-refractivity contribution >= 4 is 17.4 Å². The van der Waals surface area contributed by atoms with Crippen LogP contribution in [-0.2, 0) is 0 Å². The second-order valence-corrected chi connectivity index (χ2v) is 6.60. The summed E-state index contributed by atoms with van der Waals surface area (Å²) < 4.78 is 0. The van der Waals surface area contributed by atoms with Crippen molar-refractivity contribution in [1.82, 2.24) is 19.8 Å². The van der Waals surface area contributed by atoms with E-state index in [-0.39, 0.29) is 16.1 Å². The van der Waals surface area contributed by atoms with Crippen LogP contribution in [0, 0.1) is 6.92 Å². The lowest BCUT2D eigenvalue weighted by molar-refractivity contribution is 0.0686. The second-order valence-electron chi connectivity index (χ2n) is 6.22. The smallest absolute Gasteiger partial charge is 0.271 e. The minimum absolute atomic E-state index is 0.0627. The Morgan fingerprint density at radius 2 is 2.05 bits per heavy atom. The zero-order chi connectivity index (χ0) is 16.3. The first-order valence-corrected chi connectivity index (χ1v) is 8.16. The van der Waals surface area contributed by atoms with E-state index in [9.17, 15) is 4.79 Å². The Labute approximate surface area is 136 Å². The number of anilines is 1. The van der Waals surface area contributed by atoms with Crippen LogP contribution in [0.2, 0.25) is 5.02 Å². The van der Waals surface area contributed by atoms with E-state index in [1.165, 1.54) is 0 Å². The summed E-state index contributed by atoms with van der Waals surface area (Å²) in [6.45, 7) is 7.95. The van der Waals surface area contributed by atoms with Gasteiger partial charge in [-0.2, -0.15) is 0 Å². The number of aromatic nitrogens is 2. The lowest BCUT2D eigenvalue weighted by Crippen LogP contribution is -2.56. The number of aromatic amines is 1. The van der Waals surface area contributed by atoms with Gasteiger partial charge in [-0.25, -0.2) is 4.98 Å².